The Morgan fingerprint density at radius 2 is 1.92 bits per heavy atom. The van der Waals surface area contributed by atoms with E-state index in [1.807, 2.05) is 30.3 Å². The Labute approximate surface area is 138 Å². The molecule has 0 spiro atoms. The Bertz CT molecular complexity index is 661. The summed E-state index contributed by atoms with van der Waals surface area (Å²) in [4.78, 5) is 3.87. The van der Waals surface area contributed by atoms with Crippen LogP contribution in [-0.2, 0) is 17.5 Å². The van der Waals surface area contributed by atoms with Gasteiger partial charge in [-0.2, -0.15) is 13.2 Å². The fourth-order valence-electron chi connectivity index (χ4n) is 3.07. The van der Waals surface area contributed by atoms with E-state index in [1.165, 1.54) is 12.3 Å². The number of hydrogen-bond acceptors (Lipinski definition) is 3. The third-order valence-corrected chi connectivity index (χ3v) is 4.24. The second kappa shape index (κ2) is 7.32. The SMILES string of the molecule is FC(F)(F)c1cccnc1CNC[C@H]1CCO[C@@H]1c1ccccc1. The first-order valence-corrected chi connectivity index (χ1v) is 7.94. The lowest BCUT2D eigenvalue weighted by Crippen LogP contribution is -2.26. The molecule has 3 nitrogen and oxygen atoms in total. The van der Waals surface area contributed by atoms with E-state index in [4.69, 9.17) is 4.74 Å². The number of ether oxygens (including phenoxy) is 1. The van der Waals surface area contributed by atoms with Gasteiger partial charge in [0.2, 0.25) is 0 Å². The minimum absolute atomic E-state index is 0.00970. The van der Waals surface area contributed by atoms with Crippen LogP contribution >= 0.6 is 0 Å². The molecule has 1 aliphatic heterocycles. The van der Waals surface area contributed by atoms with Gasteiger partial charge >= 0.3 is 6.18 Å². The van der Waals surface area contributed by atoms with Crippen LogP contribution in [0.1, 0.15) is 29.3 Å². The molecule has 3 rings (SSSR count). The molecule has 1 aromatic carbocycles. The molecule has 0 bridgehead atoms. The van der Waals surface area contributed by atoms with Crippen LogP contribution in [0.5, 0.6) is 0 Å². The van der Waals surface area contributed by atoms with E-state index in [9.17, 15) is 13.2 Å². The number of aromatic nitrogens is 1. The normalized spacial score (nSPS) is 21.1. The predicted octanol–water partition coefficient (Wildman–Crippen LogP) is 3.97. The number of alkyl halides is 3. The Balaban J connectivity index is 1.61. The van der Waals surface area contributed by atoms with Crippen LogP contribution in [0.2, 0.25) is 0 Å². The van der Waals surface area contributed by atoms with Crippen LogP contribution in [0, 0.1) is 5.92 Å². The molecule has 2 heterocycles. The highest BCUT2D eigenvalue weighted by atomic mass is 19.4. The maximum absolute atomic E-state index is 13.0. The molecule has 0 unspecified atom stereocenters. The van der Waals surface area contributed by atoms with E-state index in [2.05, 4.69) is 10.3 Å². The van der Waals surface area contributed by atoms with Crippen LogP contribution in [0.4, 0.5) is 13.2 Å². The van der Waals surface area contributed by atoms with Crippen molar-refractivity contribution in [2.75, 3.05) is 13.2 Å². The minimum atomic E-state index is -4.38. The summed E-state index contributed by atoms with van der Waals surface area (Å²) < 4.78 is 44.7. The van der Waals surface area contributed by atoms with Gasteiger partial charge in [0, 0.05) is 31.8 Å². The summed E-state index contributed by atoms with van der Waals surface area (Å²) in [5, 5.41) is 3.11. The first-order valence-electron chi connectivity index (χ1n) is 7.94. The van der Waals surface area contributed by atoms with E-state index >= 15 is 0 Å². The highest BCUT2D eigenvalue weighted by Crippen LogP contribution is 2.34. The minimum Gasteiger partial charge on any atom is -0.373 e. The van der Waals surface area contributed by atoms with E-state index in [1.54, 1.807) is 0 Å². The maximum atomic E-state index is 13.0. The third kappa shape index (κ3) is 3.94. The van der Waals surface area contributed by atoms with Crippen molar-refractivity contribution in [1.82, 2.24) is 10.3 Å². The fraction of sp³-hybridized carbons (Fsp3) is 0.389. The highest BCUT2D eigenvalue weighted by Gasteiger charge is 2.34. The molecule has 0 saturated carbocycles. The van der Waals surface area contributed by atoms with Crippen LogP contribution in [-0.4, -0.2) is 18.1 Å². The van der Waals surface area contributed by atoms with E-state index < -0.39 is 11.7 Å². The lowest BCUT2D eigenvalue weighted by atomic mass is 9.95. The van der Waals surface area contributed by atoms with Gasteiger partial charge in [0.1, 0.15) is 0 Å². The number of hydrogen-bond donors (Lipinski definition) is 1. The van der Waals surface area contributed by atoms with Crippen molar-refractivity contribution in [2.24, 2.45) is 5.92 Å². The van der Waals surface area contributed by atoms with Crippen molar-refractivity contribution < 1.29 is 17.9 Å². The number of nitrogens with one attached hydrogen (secondary N) is 1. The van der Waals surface area contributed by atoms with Crippen LogP contribution in [0.25, 0.3) is 0 Å². The van der Waals surface area contributed by atoms with Gasteiger partial charge < -0.3 is 10.1 Å². The summed E-state index contributed by atoms with van der Waals surface area (Å²) in [6.45, 7) is 1.35. The maximum Gasteiger partial charge on any atom is 0.418 e. The lowest BCUT2D eigenvalue weighted by Gasteiger charge is -2.20. The third-order valence-electron chi connectivity index (χ3n) is 4.24. The molecule has 0 amide bonds. The molecule has 1 N–H and O–H groups in total. The van der Waals surface area contributed by atoms with Gasteiger partial charge in [0.25, 0.3) is 0 Å². The summed E-state index contributed by atoms with van der Waals surface area (Å²) >= 11 is 0. The fourth-order valence-corrected chi connectivity index (χ4v) is 3.07. The lowest BCUT2D eigenvalue weighted by molar-refractivity contribution is -0.138. The van der Waals surface area contributed by atoms with Crippen molar-refractivity contribution in [1.29, 1.82) is 0 Å². The number of pyridine rings is 1. The van der Waals surface area contributed by atoms with Crippen LogP contribution < -0.4 is 5.32 Å². The zero-order valence-corrected chi connectivity index (χ0v) is 13.1. The van der Waals surface area contributed by atoms with E-state index in [0.29, 0.717) is 13.2 Å². The molecule has 6 heteroatoms. The van der Waals surface area contributed by atoms with Gasteiger partial charge in [0.15, 0.2) is 0 Å². The highest BCUT2D eigenvalue weighted by molar-refractivity contribution is 5.23. The van der Waals surface area contributed by atoms with Crippen molar-refractivity contribution in [3.63, 3.8) is 0 Å². The molecule has 1 saturated heterocycles. The number of rotatable bonds is 5. The second-order valence-corrected chi connectivity index (χ2v) is 5.88. The topological polar surface area (TPSA) is 34.2 Å². The average molecular weight is 336 g/mol. The van der Waals surface area contributed by atoms with E-state index in [0.717, 1.165) is 18.1 Å². The molecule has 1 aliphatic rings. The Morgan fingerprint density at radius 1 is 1.12 bits per heavy atom. The molecule has 1 fully saturated rings. The smallest absolute Gasteiger partial charge is 0.373 e. The molecule has 24 heavy (non-hydrogen) atoms. The van der Waals surface area contributed by atoms with Crippen molar-refractivity contribution in [3.05, 3.63) is 65.5 Å². The molecular formula is C18H19F3N2O. The summed E-state index contributed by atoms with van der Waals surface area (Å²) in [6, 6.07) is 12.3. The Kier molecular flexibility index (Phi) is 5.16. The van der Waals surface area contributed by atoms with Crippen molar-refractivity contribution in [3.8, 4) is 0 Å². The molecule has 1 aromatic heterocycles. The first kappa shape index (κ1) is 16.9. The summed E-state index contributed by atoms with van der Waals surface area (Å²) in [6.07, 6.45) is -2.11. The second-order valence-electron chi connectivity index (χ2n) is 5.88. The number of halogens is 3. The molecule has 2 atom stereocenters. The largest absolute Gasteiger partial charge is 0.418 e. The predicted molar refractivity (Wildman–Crippen MR) is 84.2 cm³/mol. The zero-order chi connectivity index (χ0) is 17.0. The van der Waals surface area contributed by atoms with Gasteiger partial charge in [-0.1, -0.05) is 30.3 Å². The standard InChI is InChI=1S/C18H19F3N2O/c19-18(20,21)15-7-4-9-23-16(15)12-22-11-14-8-10-24-17(14)13-5-2-1-3-6-13/h1-7,9,14,17,22H,8,10-12H2/t14-,17-/m1/s1. The number of benzene rings is 1. The quantitative estimate of drug-likeness (QED) is 0.897. The zero-order valence-electron chi connectivity index (χ0n) is 13.1. The number of nitrogens with zero attached hydrogens (tertiary/aromatic N) is 1. The van der Waals surface area contributed by atoms with Gasteiger partial charge in [0.05, 0.1) is 17.4 Å². The molecule has 2 aromatic rings. The molecule has 0 aliphatic carbocycles. The van der Waals surface area contributed by atoms with Gasteiger partial charge in [-0.05, 0) is 24.1 Å². The van der Waals surface area contributed by atoms with Gasteiger partial charge in [-0.15, -0.1) is 0 Å². The van der Waals surface area contributed by atoms with Crippen molar-refractivity contribution >= 4 is 0 Å². The molecular weight excluding hydrogens is 317 g/mol. The molecule has 0 radical (unpaired) electrons. The van der Waals surface area contributed by atoms with Crippen LogP contribution in [0.15, 0.2) is 48.7 Å². The summed E-state index contributed by atoms with van der Waals surface area (Å²) in [7, 11) is 0. The summed E-state index contributed by atoms with van der Waals surface area (Å²) in [5.41, 5.74) is 0.454. The molecule has 128 valence electrons. The van der Waals surface area contributed by atoms with Gasteiger partial charge in [-0.25, -0.2) is 0 Å². The monoisotopic (exact) mass is 336 g/mol. The summed E-state index contributed by atoms with van der Waals surface area (Å²) in [5.74, 6) is 0.241. The Morgan fingerprint density at radius 3 is 2.67 bits per heavy atom. The van der Waals surface area contributed by atoms with Gasteiger partial charge in [-0.3, -0.25) is 4.98 Å². The first-order chi connectivity index (χ1) is 11.6. The van der Waals surface area contributed by atoms with Crippen LogP contribution in [0.3, 0.4) is 0 Å². The average Bonchev–Trinajstić information content (AvgIpc) is 3.04. The van der Waals surface area contributed by atoms with Crippen molar-refractivity contribution in [2.45, 2.75) is 25.2 Å². The van der Waals surface area contributed by atoms with E-state index in [-0.39, 0.29) is 24.3 Å². The Hall–Kier alpha value is -1.92.